The van der Waals surface area contributed by atoms with Gasteiger partial charge < -0.3 is 20.4 Å². The van der Waals surface area contributed by atoms with Gasteiger partial charge in [-0.05, 0) is 12.8 Å². The first-order valence-electron chi connectivity index (χ1n) is 10.1. The van der Waals surface area contributed by atoms with Gasteiger partial charge in [-0.25, -0.2) is 0 Å². The Hall–Kier alpha value is -0.320. The van der Waals surface area contributed by atoms with Crippen molar-refractivity contribution in [1.29, 1.82) is 0 Å². The fraction of sp³-hybridized carbons (Fsp3) is 0.600. The Labute approximate surface area is 206 Å². The van der Waals surface area contributed by atoms with Gasteiger partial charge in [0.2, 0.25) is 0 Å². The van der Waals surface area contributed by atoms with Crippen LogP contribution < -0.4 is 0 Å². The monoisotopic (exact) mass is 668 g/mol. The van der Waals surface area contributed by atoms with Crippen LogP contribution in [0, 0.1) is 0 Å². The van der Waals surface area contributed by atoms with Crippen LogP contribution in [0.5, 0.6) is 23.5 Å². The number of fused-ring (bicyclic) bond motifs is 10. The molecule has 0 amide bonds. The van der Waals surface area contributed by atoms with Crippen LogP contribution in [-0.4, -0.2) is 48.9 Å². The zero-order valence-corrected chi connectivity index (χ0v) is 22.0. The lowest BCUT2D eigenvalue weighted by Gasteiger charge is -2.22. The van der Waals surface area contributed by atoms with Crippen LogP contribution in [0.1, 0.15) is 58.8 Å². The van der Waals surface area contributed by atoms with E-state index in [9.17, 15) is 20.4 Å². The molecule has 4 N–H and O–H groups in total. The first kappa shape index (κ1) is 20.3. The van der Waals surface area contributed by atoms with Crippen LogP contribution >= 0.6 is 63.7 Å². The molecule has 0 radical (unpaired) electrons. The summed E-state index contributed by atoms with van der Waals surface area (Å²) in [5, 5.41) is 43.5. The van der Waals surface area contributed by atoms with Crippen LogP contribution in [0.25, 0.3) is 0 Å². The summed E-state index contributed by atoms with van der Waals surface area (Å²) in [7, 11) is 0. The molecule has 2 aromatic rings. The second kappa shape index (κ2) is 6.60. The normalized spacial score (nSPS) is 37.9. The molecule has 0 aliphatic heterocycles. The minimum atomic E-state index is 0.0960. The van der Waals surface area contributed by atoms with Gasteiger partial charge in [-0.1, -0.05) is 63.7 Å². The summed E-state index contributed by atoms with van der Waals surface area (Å²) in [6, 6.07) is 0. The second-order valence-electron chi connectivity index (χ2n) is 8.93. The van der Waals surface area contributed by atoms with Crippen molar-refractivity contribution in [1.82, 2.24) is 9.13 Å². The van der Waals surface area contributed by atoms with Gasteiger partial charge >= 0.3 is 0 Å². The van der Waals surface area contributed by atoms with E-state index in [1.54, 1.807) is 0 Å². The van der Waals surface area contributed by atoms with Crippen LogP contribution in [0.3, 0.4) is 0 Å². The van der Waals surface area contributed by atoms with E-state index in [4.69, 9.17) is 0 Å². The maximum absolute atomic E-state index is 10.9. The fourth-order valence-electron chi connectivity index (χ4n) is 6.41. The van der Waals surface area contributed by atoms with Crippen LogP contribution in [0.4, 0.5) is 0 Å². The molecule has 0 aromatic carbocycles. The average molecular weight is 672 g/mol. The van der Waals surface area contributed by atoms with Crippen molar-refractivity contribution in [2.45, 2.75) is 68.9 Å². The number of halogens is 4. The predicted molar refractivity (Wildman–Crippen MR) is 127 cm³/mol. The summed E-state index contributed by atoms with van der Waals surface area (Å²) >= 11 is 14.9. The van der Waals surface area contributed by atoms with Gasteiger partial charge in [0, 0.05) is 78.3 Å². The molecule has 162 valence electrons. The molecule has 6 rings (SSSR count). The van der Waals surface area contributed by atoms with E-state index >= 15 is 0 Å². The molecule has 8 atom stereocenters. The van der Waals surface area contributed by atoms with Crippen LogP contribution in [0.2, 0.25) is 0 Å². The molecule has 0 spiro atoms. The number of aromatic nitrogens is 2. The van der Waals surface area contributed by atoms with Gasteiger partial charge in [-0.3, -0.25) is 9.13 Å². The summed E-state index contributed by atoms with van der Waals surface area (Å²) in [5.41, 5.74) is 3.34. The molecule has 4 aliphatic rings. The van der Waals surface area contributed by atoms with E-state index < -0.39 is 0 Å². The van der Waals surface area contributed by atoms with Gasteiger partial charge in [-0.15, -0.1) is 0 Å². The lowest BCUT2D eigenvalue weighted by molar-refractivity contribution is 0.325. The molecule has 30 heavy (non-hydrogen) atoms. The van der Waals surface area contributed by atoms with E-state index in [1.165, 1.54) is 9.13 Å². The standard InChI is InChI=1S/C20H20Br4N2O4/c21-13-5-3-6(14(13)22)10-9(5)17(27)25(18(10)28)1-2-26-19(29)11-7-4-8(12(11)20(26)30)16(24)15(7)23/h5-8,13-16,27-30H,1-4H2. The number of alkyl halides is 4. The minimum absolute atomic E-state index is 0.0960. The number of hydrogen-bond acceptors (Lipinski definition) is 4. The quantitative estimate of drug-likeness (QED) is 0.345. The van der Waals surface area contributed by atoms with Crippen LogP contribution in [-0.2, 0) is 13.1 Å². The zero-order valence-electron chi connectivity index (χ0n) is 15.6. The molecule has 2 aromatic heterocycles. The Bertz CT molecular complexity index is 923. The number of rotatable bonds is 3. The number of aromatic hydroxyl groups is 4. The highest BCUT2D eigenvalue weighted by Crippen LogP contribution is 2.65. The first-order chi connectivity index (χ1) is 14.2. The maximum atomic E-state index is 10.9. The third kappa shape index (κ3) is 2.29. The van der Waals surface area contributed by atoms with Crippen molar-refractivity contribution in [3.63, 3.8) is 0 Å². The van der Waals surface area contributed by atoms with Crippen molar-refractivity contribution in [3.05, 3.63) is 22.3 Å². The molecule has 6 nitrogen and oxygen atoms in total. The molecule has 4 bridgehead atoms. The zero-order chi connectivity index (χ0) is 21.2. The van der Waals surface area contributed by atoms with Crippen LogP contribution in [0.15, 0.2) is 0 Å². The highest BCUT2D eigenvalue weighted by Gasteiger charge is 2.54. The molecule has 8 unspecified atom stereocenters. The smallest absolute Gasteiger partial charge is 0.197 e. The highest BCUT2D eigenvalue weighted by molar-refractivity contribution is 9.12. The molecule has 2 heterocycles. The fourth-order valence-corrected chi connectivity index (χ4v) is 9.81. The average Bonchev–Trinajstić information content (AvgIpc) is 3.50. The van der Waals surface area contributed by atoms with E-state index in [0.717, 1.165) is 35.1 Å². The molecule has 10 heteroatoms. The maximum Gasteiger partial charge on any atom is 0.197 e. The summed E-state index contributed by atoms with van der Waals surface area (Å²) in [6.07, 6.45) is 1.82. The Morgan fingerprint density at radius 1 is 0.533 bits per heavy atom. The Balaban J connectivity index is 1.33. The van der Waals surface area contributed by atoms with Gasteiger partial charge in [0.1, 0.15) is 0 Å². The molecule has 2 fully saturated rings. The number of hydrogen-bond donors (Lipinski definition) is 4. The summed E-state index contributed by atoms with van der Waals surface area (Å²) in [4.78, 5) is 0.895. The van der Waals surface area contributed by atoms with Gasteiger partial charge in [0.15, 0.2) is 23.5 Å². The van der Waals surface area contributed by atoms with Crippen molar-refractivity contribution in [2.75, 3.05) is 0 Å². The third-order valence-corrected chi connectivity index (χ3v) is 14.0. The lowest BCUT2D eigenvalue weighted by Crippen LogP contribution is -2.20. The van der Waals surface area contributed by atoms with Crippen molar-refractivity contribution < 1.29 is 20.4 Å². The largest absolute Gasteiger partial charge is 0.494 e. The Kier molecular flexibility index (Phi) is 4.47. The summed E-state index contributed by atoms with van der Waals surface area (Å²) in [5.74, 6) is 1.05. The molecular weight excluding hydrogens is 652 g/mol. The topological polar surface area (TPSA) is 90.8 Å². The second-order valence-corrected chi connectivity index (χ2v) is 13.2. The first-order valence-corrected chi connectivity index (χ1v) is 13.7. The third-order valence-electron chi connectivity index (χ3n) is 7.76. The van der Waals surface area contributed by atoms with Crippen molar-refractivity contribution >= 4 is 63.7 Å². The SMILES string of the molecule is Oc1c2c(c(O)n1CCn1c(O)c3c(c1O)C1CC3C(Br)C1Br)C1CC2C(Br)C1Br. The highest BCUT2D eigenvalue weighted by atomic mass is 79.9. The van der Waals surface area contributed by atoms with Crippen molar-refractivity contribution in [3.8, 4) is 23.5 Å². The van der Waals surface area contributed by atoms with Crippen molar-refractivity contribution in [2.24, 2.45) is 0 Å². The minimum Gasteiger partial charge on any atom is -0.494 e. The van der Waals surface area contributed by atoms with E-state index in [2.05, 4.69) is 63.7 Å². The van der Waals surface area contributed by atoms with Gasteiger partial charge in [-0.2, -0.15) is 0 Å². The molecular formula is C20H20Br4N2O4. The van der Waals surface area contributed by atoms with Gasteiger partial charge in [0.25, 0.3) is 0 Å². The van der Waals surface area contributed by atoms with E-state index in [0.29, 0.717) is 0 Å². The molecule has 0 saturated heterocycles. The predicted octanol–water partition coefficient (Wildman–Crippen LogP) is 5.04. The Morgan fingerprint density at radius 3 is 1.00 bits per heavy atom. The summed E-state index contributed by atoms with van der Waals surface area (Å²) < 4.78 is 3.02. The Morgan fingerprint density at radius 2 is 0.767 bits per heavy atom. The molecule has 4 aliphatic carbocycles. The van der Waals surface area contributed by atoms with Gasteiger partial charge in [0.05, 0.1) is 0 Å². The number of nitrogens with zero attached hydrogens (tertiary/aromatic N) is 2. The van der Waals surface area contributed by atoms with E-state index in [-0.39, 0.29) is 79.6 Å². The summed E-state index contributed by atoms with van der Waals surface area (Å²) in [6.45, 7) is 0.507. The van der Waals surface area contributed by atoms with E-state index in [1.807, 2.05) is 0 Å². The molecule has 2 saturated carbocycles. The lowest BCUT2D eigenvalue weighted by atomic mass is 9.95.